The highest BCUT2D eigenvalue weighted by Crippen LogP contribution is 2.51. The van der Waals surface area contributed by atoms with E-state index in [1.54, 1.807) is 0 Å². The van der Waals surface area contributed by atoms with E-state index in [0.717, 1.165) is 18.4 Å². The average molecular weight is 407 g/mol. The molecule has 0 radical (unpaired) electrons. The molecule has 2 rings (SSSR count). The summed E-state index contributed by atoms with van der Waals surface area (Å²) < 4.78 is 11.4. The second kappa shape index (κ2) is 9.84. The van der Waals surface area contributed by atoms with Crippen LogP contribution in [0.3, 0.4) is 0 Å². The average Bonchev–Trinajstić information content (AvgIpc) is 2.64. The molecule has 1 aliphatic heterocycles. The number of benzene rings is 1. The van der Waals surface area contributed by atoms with E-state index in [4.69, 9.17) is 9.47 Å². The Morgan fingerprint density at radius 2 is 1.97 bits per heavy atom. The van der Waals surface area contributed by atoms with Gasteiger partial charge in [0, 0.05) is 24.0 Å². The van der Waals surface area contributed by atoms with Crippen molar-refractivity contribution in [2.75, 3.05) is 13.2 Å². The second-order valence-electron chi connectivity index (χ2n) is 9.46. The minimum Gasteiger partial charge on any atom is -0.508 e. The fraction of sp³-hybridized carbons (Fsp3) is 0.708. The van der Waals surface area contributed by atoms with Gasteiger partial charge in [0.05, 0.1) is 6.61 Å². The summed E-state index contributed by atoms with van der Waals surface area (Å²) in [7, 11) is 0. The van der Waals surface area contributed by atoms with E-state index in [1.807, 2.05) is 26.0 Å². The number of aromatic hydroxyl groups is 1. The van der Waals surface area contributed by atoms with Crippen LogP contribution in [0.1, 0.15) is 90.2 Å². The molecule has 1 aromatic rings. The lowest BCUT2D eigenvalue weighted by atomic mass is 9.71. The molecule has 2 N–H and O–H groups in total. The van der Waals surface area contributed by atoms with Crippen molar-refractivity contribution in [1.82, 2.24) is 0 Å². The van der Waals surface area contributed by atoms with E-state index in [9.17, 15) is 15.0 Å². The van der Waals surface area contributed by atoms with Gasteiger partial charge >= 0.3 is 0 Å². The van der Waals surface area contributed by atoms with Gasteiger partial charge in [0.1, 0.15) is 17.1 Å². The predicted octanol–water partition coefficient (Wildman–Crippen LogP) is 5.07. The van der Waals surface area contributed by atoms with Crippen LogP contribution in [-0.2, 0) is 14.9 Å². The number of carbonyl (C=O) groups excluding carboxylic acids is 1. The number of hydrogen-bond donors (Lipinski definition) is 2. The zero-order valence-corrected chi connectivity index (χ0v) is 18.7. The molecule has 1 aliphatic rings. The van der Waals surface area contributed by atoms with Gasteiger partial charge in [0.15, 0.2) is 0 Å². The van der Waals surface area contributed by atoms with Crippen molar-refractivity contribution in [3.63, 3.8) is 0 Å². The largest absolute Gasteiger partial charge is 0.508 e. The minimum atomic E-state index is -0.553. The van der Waals surface area contributed by atoms with Crippen molar-refractivity contribution in [3.8, 4) is 11.5 Å². The molecule has 0 aliphatic carbocycles. The molecule has 2 atom stereocenters. The number of carbonyl (C=O) groups is 1. The maximum absolute atomic E-state index is 10.9. The van der Waals surface area contributed by atoms with E-state index in [0.29, 0.717) is 24.2 Å². The SMILES string of the molecule is CCCCCCC(C)(C)c1cc(O)c2c(c1)OC(C)(C)C(CCO)[C@H]2COC=O. The molecule has 1 unspecified atom stereocenters. The molecule has 5 heteroatoms. The van der Waals surface area contributed by atoms with E-state index >= 15 is 0 Å². The molecule has 0 saturated heterocycles. The van der Waals surface area contributed by atoms with E-state index in [2.05, 4.69) is 20.8 Å². The fourth-order valence-electron chi connectivity index (χ4n) is 4.67. The molecule has 164 valence electrons. The molecule has 0 spiro atoms. The summed E-state index contributed by atoms with van der Waals surface area (Å²) in [4.78, 5) is 10.8. The number of phenols is 1. The smallest absolute Gasteiger partial charge is 0.293 e. The van der Waals surface area contributed by atoms with Crippen LogP contribution in [0, 0.1) is 5.92 Å². The molecule has 0 saturated carbocycles. The Kier molecular flexibility index (Phi) is 7.98. The van der Waals surface area contributed by atoms with E-state index in [-0.39, 0.29) is 36.2 Å². The number of phenolic OH excluding ortho intramolecular Hbond substituents is 1. The first-order chi connectivity index (χ1) is 13.7. The van der Waals surface area contributed by atoms with Crippen LogP contribution < -0.4 is 4.74 Å². The molecule has 5 nitrogen and oxygen atoms in total. The number of unbranched alkanes of at least 4 members (excludes halogenated alkanes) is 3. The summed E-state index contributed by atoms with van der Waals surface area (Å²) in [5, 5.41) is 20.5. The van der Waals surface area contributed by atoms with Crippen LogP contribution in [0.5, 0.6) is 11.5 Å². The quantitative estimate of drug-likeness (QED) is 0.396. The number of rotatable bonds is 11. The molecule has 29 heavy (non-hydrogen) atoms. The number of aliphatic hydroxyl groups excluding tert-OH is 1. The molecule has 0 fully saturated rings. The van der Waals surface area contributed by atoms with Gasteiger partial charge < -0.3 is 19.7 Å². The van der Waals surface area contributed by atoms with Crippen molar-refractivity contribution >= 4 is 6.47 Å². The Morgan fingerprint density at radius 3 is 2.59 bits per heavy atom. The van der Waals surface area contributed by atoms with Crippen LogP contribution in [0.4, 0.5) is 0 Å². The number of hydrogen-bond acceptors (Lipinski definition) is 5. The molecular weight excluding hydrogens is 368 g/mol. The third-order valence-electron chi connectivity index (χ3n) is 6.46. The van der Waals surface area contributed by atoms with Gasteiger partial charge in [0.25, 0.3) is 6.47 Å². The maximum atomic E-state index is 10.9. The van der Waals surface area contributed by atoms with Crippen LogP contribution >= 0.6 is 0 Å². The van der Waals surface area contributed by atoms with E-state index in [1.165, 1.54) is 19.3 Å². The predicted molar refractivity (Wildman–Crippen MR) is 115 cm³/mol. The Hall–Kier alpha value is -1.75. The number of aliphatic hydroxyl groups is 1. The molecule has 1 aromatic carbocycles. The van der Waals surface area contributed by atoms with Gasteiger partial charge in [-0.1, -0.05) is 46.5 Å². The first kappa shape index (κ1) is 23.5. The van der Waals surface area contributed by atoms with Crippen molar-refractivity contribution in [2.24, 2.45) is 5.92 Å². The Labute approximate surface area is 175 Å². The third kappa shape index (κ3) is 5.44. The fourth-order valence-corrected chi connectivity index (χ4v) is 4.67. The van der Waals surface area contributed by atoms with Crippen LogP contribution in [0.2, 0.25) is 0 Å². The highest BCUT2D eigenvalue weighted by molar-refractivity contribution is 5.53. The Bertz CT molecular complexity index is 680. The first-order valence-corrected chi connectivity index (χ1v) is 10.9. The lowest BCUT2D eigenvalue weighted by molar-refractivity contribution is -0.130. The first-order valence-electron chi connectivity index (χ1n) is 10.9. The zero-order valence-electron chi connectivity index (χ0n) is 18.7. The topological polar surface area (TPSA) is 76.0 Å². The van der Waals surface area contributed by atoms with Crippen molar-refractivity contribution in [3.05, 3.63) is 23.3 Å². The lowest BCUT2D eigenvalue weighted by Crippen LogP contribution is -2.46. The van der Waals surface area contributed by atoms with Crippen molar-refractivity contribution in [1.29, 1.82) is 0 Å². The van der Waals surface area contributed by atoms with Crippen LogP contribution in [0.25, 0.3) is 0 Å². The third-order valence-corrected chi connectivity index (χ3v) is 6.46. The van der Waals surface area contributed by atoms with Gasteiger partial charge in [0.2, 0.25) is 0 Å². The summed E-state index contributed by atoms with van der Waals surface area (Å²) in [6.45, 7) is 11.2. The zero-order chi connectivity index (χ0) is 21.7. The molecule has 1 heterocycles. The van der Waals surface area contributed by atoms with Crippen molar-refractivity contribution < 1.29 is 24.5 Å². The lowest BCUT2D eigenvalue weighted by Gasteiger charge is -2.45. The Morgan fingerprint density at radius 1 is 1.24 bits per heavy atom. The van der Waals surface area contributed by atoms with Crippen molar-refractivity contribution in [2.45, 2.75) is 90.1 Å². The molecule has 0 amide bonds. The van der Waals surface area contributed by atoms with Gasteiger partial charge in [-0.2, -0.15) is 0 Å². The number of fused-ring (bicyclic) bond motifs is 1. The van der Waals surface area contributed by atoms with E-state index < -0.39 is 5.60 Å². The molecular formula is C24H38O5. The van der Waals surface area contributed by atoms with Gasteiger partial charge in [-0.15, -0.1) is 0 Å². The summed E-state index contributed by atoms with van der Waals surface area (Å²) >= 11 is 0. The van der Waals surface area contributed by atoms with Gasteiger partial charge in [-0.05, 0) is 49.8 Å². The summed E-state index contributed by atoms with van der Waals surface area (Å²) in [6, 6.07) is 3.88. The number of ether oxygens (including phenoxy) is 2. The second-order valence-corrected chi connectivity index (χ2v) is 9.46. The molecule has 0 aromatic heterocycles. The highest BCUT2D eigenvalue weighted by atomic mass is 16.5. The summed E-state index contributed by atoms with van der Waals surface area (Å²) in [6.07, 6.45) is 6.37. The van der Waals surface area contributed by atoms with Gasteiger partial charge in [-0.3, -0.25) is 4.79 Å². The normalized spacial score (nSPS) is 20.6. The van der Waals surface area contributed by atoms with Crippen LogP contribution in [0.15, 0.2) is 12.1 Å². The minimum absolute atomic E-state index is 0.00795. The molecule has 0 bridgehead atoms. The summed E-state index contributed by atoms with van der Waals surface area (Å²) in [5.41, 5.74) is 1.10. The highest BCUT2D eigenvalue weighted by Gasteiger charge is 2.45. The maximum Gasteiger partial charge on any atom is 0.293 e. The monoisotopic (exact) mass is 406 g/mol. The summed E-state index contributed by atoms with van der Waals surface area (Å²) in [5.74, 6) is 0.518. The standard InChI is InChI=1S/C24H38O5/c1-6-7-8-9-11-23(2,3)17-13-20(27)22-18(15-28-16-26)19(10-12-25)24(4,5)29-21(22)14-17/h13-14,16,18-19,25,27H,6-12,15H2,1-5H3/t18-,19?/m1/s1. The van der Waals surface area contributed by atoms with Crippen LogP contribution in [-0.4, -0.2) is 35.5 Å². The van der Waals surface area contributed by atoms with Gasteiger partial charge in [-0.25, -0.2) is 0 Å². The Balaban J connectivity index is 2.41.